The zero-order valence-corrected chi connectivity index (χ0v) is 8.63. The third-order valence-electron chi connectivity index (χ3n) is 2.58. The van der Waals surface area contributed by atoms with E-state index in [1.807, 2.05) is 0 Å². The van der Waals surface area contributed by atoms with Crippen molar-refractivity contribution in [2.45, 2.75) is 19.4 Å². The van der Waals surface area contributed by atoms with Crippen LogP contribution in [-0.2, 0) is 0 Å². The highest BCUT2D eigenvalue weighted by atomic mass is 16.4. The van der Waals surface area contributed by atoms with Crippen LogP contribution in [0, 0.1) is 0 Å². The SMILES string of the molecule is CCCN1CC(n2cc(C(=O)O)nn2)C1. The first-order chi connectivity index (χ1) is 7.20. The fourth-order valence-corrected chi connectivity index (χ4v) is 1.76. The minimum absolute atomic E-state index is 0.0175. The van der Waals surface area contributed by atoms with Crippen molar-refractivity contribution in [1.29, 1.82) is 0 Å². The molecule has 15 heavy (non-hydrogen) atoms. The van der Waals surface area contributed by atoms with Crippen molar-refractivity contribution in [3.63, 3.8) is 0 Å². The summed E-state index contributed by atoms with van der Waals surface area (Å²) in [6.07, 6.45) is 2.64. The molecule has 1 aromatic heterocycles. The van der Waals surface area contributed by atoms with Gasteiger partial charge in [-0.25, -0.2) is 9.48 Å². The van der Waals surface area contributed by atoms with Crippen LogP contribution in [0.4, 0.5) is 0 Å². The molecule has 0 atom stereocenters. The van der Waals surface area contributed by atoms with E-state index in [1.165, 1.54) is 6.20 Å². The van der Waals surface area contributed by atoms with Crippen molar-refractivity contribution in [1.82, 2.24) is 19.9 Å². The molecule has 0 aliphatic carbocycles. The molecule has 2 rings (SSSR count). The lowest BCUT2D eigenvalue weighted by Crippen LogP contribution is -2.47. The molecule has 0 unspecified atom stereocenters. The standard InChI is InChI=1S/C9H14N4O2/c1-2-3-12-4-7(5-12)13-6-8(9(14)15)10-11-13/h6-7H,2-5H2,1H3,(H,14,15). The van der Waals surface area contributed by atoms with E-state index < -0.39 is 5.97 Å². The van der Waals surface area contributed by atoms with Gasteiger partial charge < -0.3 is 5.11 Å². The Bertz CT molecular complexity index is 357. The summed E-state index contributed by atoms with van der Waals surface area (Å²) in [6.45, 7) is 5.12. The summed E-state index contributed by atoms with van der Waals surface area (Å²) in [7, 11) is 0. The molecule has 1 fully saturated rings. The topological polar surface area (TPSA) is 71.2 Å². The molecule has 6 heteroatoms. The average molecular weight is 210 g/mol. The molecule has 1 aliphatic heterocycles. The van der Waals surface area contributed by atoms with Crippen LogP contribution in [0.5, 0.6) is 0 Å². The fraction of sp³-hybridized carbons (Fsp3) is 0.667. The number of hydrogen-bond donors (Lipinski definition) is 1. The molecule has 1 aromatic rings. The Labute approximate surface area is 87.5 Å². The van der Waals surface area contributed by atoms with E-state index >= 15 is 0 Å². The number of aromatic nitrogens is 3. The normalized spacial score (nSPS) is 17.7. The first kappa shape index (κ1) is 10.1. The highest BCUT2D eigenvalue weighted by Crippen LogP contribution is 2.19. The lowest BCUT2D eigenvalue weighted by molar-refractivity contribution is 0.0690. The lowest BCUT2D eigenvalue weighted by atomic mass is 10.1. The van der Waals surface area contributed by atoms with Gasteiger partial charge in [0.15, 0.2) is 5.69 Å². The van der Waals surface area contributed by atoms with Gasteiger partial charge in [-0.05, 0) is 13.0 Å². The fourth-order valence-electron chi connectivity index (χ4n) is 1.76. The van der Waals surface area contributed by atoms with Gasteiger partial charge in [0.05, 0.1) is 12.2 Å². The highest BCUT2D eigenvalue weighted by Gasteiger charge is 2.28. The Morgan fingerprint density at radius 2 is 2.40 bits per heavy atom. The van der Waals surface area contributed by atoms with Gasteiger partial charge in [0.25, 0.3) is 0 Å². The van der Waals surface area contributed by atoms with Gasteiger partial charge in [-0.1, -0.05) is 12.1 Å². The second kappa shape index (κ2) is 3.98. The van der Waals surface area contributed by atoms with Crippen molar-refractivity contribution < 1.29 is 9.90 Å². The molecule has 0 bridgehead atoms. The van der Waals surface area contributed by atoms with Crippen LogP contribution in [-0.4, -0.2) is 50.6 Å². The summed E-state index contributed by atoms with van der Waals surface area (Å²) in [4.78, 5) is 12.9. The van der Waals surface area contributed by atoms with Crippen molar-refractivity contribution in [3.8, 4) is 0 Å². The minimum Gasteiger partial charge on any atom is -0.476 e. The van der Waals surface area contributed by atoms with Crippen molar-refractivity contribution in [2.75, 3.05) is 19.6 Å². The third kappa shape index (κ3) is 1.99. The van der Waals surface area contributed by atoms with Crippen LogP contribution in [0.25, 0.3) is 0 Å². The lowest BCUT2D eigenvalue weighted by Gasteiger charge is -2.38. The Kier molecular flexibility index (Phi) is 2.68. The summed E-state index contributed by atoms with van der Waals surface area (Å²) >= 11 is 0. The van der Waals surface area contributed by atoms with Gasteiger partial charge in [-0.15, -0.1) is 5.10 Å². The molecule has 0 radical (unpaired) electrons. The second-order valence-corrected chi connectivity index (χ2v) is 3.80. The number of hydrogen-bond acceptors (Lipinski definition) is 4. The van der Waals surface area contributed by atoms with E-state index in [0.29, 0.717) is 0 Å². The van der Waals surface area contributed by atoms with Gasteiger partial charge in [-0.3, -0.25) is 4.90 Å². The van der Waals surface area contributed by atoms with Crippen LogP contribution >= 0.6 is 0 Å². The van der Waals surface area contributed by atoms with Crippen molar-refractivity contribution in [2.24, 2.45) is 0 Å². The first-order valence-corrected chi connectivity index (χ1v) is 5.08. The Morgan fingerprint density at radius 1 is 1.67 bits per heavy atom. The summed E-state index contributed by atoms with van der Waals surface area (Å²) in [6, 6.07) is 0.289. The Hall–Kier alpha value is -1.43. The van der Waals surface area contributed by atoms with Gasteiger partial charge in [-0.2, -0.15) is 0 Å². The molecule has 1 saturated heterocycles. The van der Waals surface area contributed by atoms with Crippen LogP contribution in [0.3, 0.4) is 0 Å². The molecule has 0 saturated carbocycles. The van der Waals surface area contributed by atoms with E-state index in [0.717, 1.165) is 26.1 Å². The van der Waals surface area contributed by atoms with E-state index in [4.69, 9.17) is 5.11 Å². The summed E-state index contributed by atoms with van der Waals surface area (Å²) < 4.78 is 1.65. The summed E-state index contributed by atoms with van der Waals surface area (Å²) in [5.74, 6) is -1.02. The Balaban J connectivity index is 1.92. The molecule has 1 aliphatic rings. The third-order valence-corrected chi connectivity index (χ3v) is 2.58. The average Bonchev–Trinajstić information content (AvgIpc) is 2.59. The van der Waals surface area contributed by atoms with Gasteiger partial charge in [0.1, 0.15) is 0 Å². The largest absolute Gasteiger partial charge is 0.476 e. The quantitative estimate of drug-likeness (QED) is 0.771. The van der Waals surface area contributed by atoms with E-state index in [9.17, 15) is 4.79 Å². The molecule has 2 heterocycles. The molecular weight excluding hydrogens is 196 g/mol. The summed E-state index contributed by atoms with van der Waals surface area (Å²) in [5, 5.41) is 16.1. The molecule has 1 N–H and O–H groups in total. The summed E-state index contributed by atoms with van der Waals surface area (Å²) in [5.41, 5.74) is 0.0175. The van der Waals surface area contributed by atoms with Crippen LogP contribution in [0.15, 0.2) is 6.20 Å². The molecule has 0 aromatic carbocycles. The van der Waals surface area contributed by atoms with Crippen LogP contribution in [0.2, 0.25) is 0 Å². The van der Waals surface area contributed by atoms with Gasteiger partial charge in [0, 0.05) is 13.1 Å². The molecule has 82 valence electrons. The maximum Gasteiger partial charge on any atom is 0.358 e. The van der Waals surface area contributed by atoms with E-state index in [1.54, 1.807) is 4.68 Å². The van der Waals surface area contributed by atoms with E-state index in [-0.39, 0.29) is 11.7 Å². The maximum absolute atomic E-state index is 10.6. The first-order valence-electron chi connectivity index (χ1n) is 5.08. The number of carbonyl (C=O) groups is 1. The van der Waals surface area contributed by atoms with Crippen molar-refractivity contribution >= 4 is 5.97 Å². The Morgan fingerprint density at radius 3 is 2.93 bits per heavy atom. The smallest absolute Gasteiger partial charge is 0.358 e. The number of likely N-dealkylation sites (tertiary alicyclic amines) is 1. The van der Waals surface area contributed by atoms with Crippen LogP contribution < -0.4 is 0 Å². The van der Waals surface area contributed by atoms with Gasteiger partial charge >= 0.3 is 5.97 Å². The van der Waals surface area contributed by atoms with Crippen molar-refractivity contribution in [3.05, 3.63) is 11.9 Å². The zero-order valence-electron chi connectivity index (χ0n) is 8.63. The predicted octanol–water partition coefficient (Wildman–Crippen LogP) is 0.243. The number of rotatable bonds is 4. The number of nitrogens with zero attached hydrogens (tertiary/aromatic N) is 4. The monoisotopic (exact) mass is 210 g/mol. The number of carboxylic acids is 1. The van der Waals surface area contributed by atoms with Crippen LogP contribution in [0.1, 0.15) is 29.9 Å². The molecule has 0 spiro atoms. The predicted molar refractivity (Wildman–Crippen MR) is 52.7 cm³/mol. The van der Waals surface area contributed by atoms with E-state index in [2.05, 4.69) is 22.1 Å². The molecule has 0 amide bonds. The molecule has 6 nitrogen and oxygen atoms in total. The second-order valence-electron chi connectivity index (χ2n) is 3.80. The zero-order chi connectivity index (χ0) is 10.8. The number of aromatic carboxylic acids is 1. The molecular formula is C9H14N4O2. The maximum atomic E-state index is 10.6. The minimum atomic E-state index is -1.02. The number of carboxylic acid groups (broad SMARTS) is 1. The van der Waals surface area contributed by atoms with Gasteiger partial charge in [0.2, 0.25) is 0 Å². The highest BCUT2D eigenvalue weighted by molar-refractivity contribution is 5.84.